The minimum Gasteiger partial charge on any atom is -0.481 e. The average molecular weight is 278 g/mol. The van der Waals surface area contributed by atoms with E-state index >= 15 is 0 Å². The van der Waals surface area contributed by atoms with Crippen molar-refractivity contribution in [1.82, 2.24) is 9.80 Å². The number of carbonyl (C=O) groups excluding carboxylic acids is 1. The summed E-state index contributed by atoms with van der Waals surface area (Å²) in [7, 11) is 0. The van der Waals surface area contributed by atoms with Gasteiger partial charge < -0.3 is 10.0 Å². The zero-order valence-corrected chi connectivity index (χ0v) is 11.7. The highest BCUT2D eigenvalue weighted by molar-refractivity contribution is 5.85. The van der Waals surface area contributed by atoms with Gasteiger partial charge in [-0.15, -0.1) is 0 Å². The van der Waals surface area contributed by atoms with Crippen LogP contribution in [0.15, 0.2) is 12.2 Å². The Hall–Kier alpha value is -1.36. The highest BCUT2D eigenvalue weighted by Crippen LogP contribution is 2.30. The SMILES string of the molecule is O=C(O)[C@H]1CC=CC[C@H]1C(=O)N1CCN(C2CC2)CC1. The molecule has 0 radical (unpaired) electrons. The Morgan fingerprint density at radius 2 is 1.55 bits per heavy atom. The summed E-state index contributed by atoms with van der Waals surface area (Å²) in [6.07, 6.45) is 7.47. The van der Waals surface area contributed by atoms with Crippen molar-refractivity contribution in [2.24, 2.45) is 11.8 Å². The Morgan fingerprint density at radius 1 is 0.950 bits per heavy atom. The second-order valence-electron chi connectivity index (χ2n) is 6.09. The van der Waals surface area contributed by atoms with Crippen molar-refractivity contribution in [3.05, 3.63) is 12.2 Å². The normalized spacial score (nSPS) is 31.3. The van der Waals surface area contributed by atoms with Crippen LogP contribution in [-0.4, -0.2) is 59.0 Å². The van der Waals surface area contributed by atoms with Gasteiger partial charge in [0.2, 0.25) is 5.91 Å². The zero-order valence-electron chi connectivity index (χ0n) is 11.7. The van der Waals surface area contributed by atoms with Gasteiger partial charge in [0.25, 0.3) is 0 Å². The second-order valence-corrected chi connectivity index (χ2v) is 6.09. The van der Waals surface area contributed by atoms with E-state index in [9.17, 15) is 14.7 Å². The standard InChI is InChI=1S/C15H22N2O3/c18-14(12-3-1-2-4-13(12)15(19)20)17-9-7-16(8-10-17)11-5-6-11/h1-2,11-13H,3-10H2,(H,19,20)/t12-,13+/m1/s1. The molecule has 1 saturated carbocycles. The number of carbonyl (C=O) groups is 2. The molecule has 110 valence electrons. The molecule has 0 aromatic heterocycles. The van der Waals surface area contributed by atoms with Gasteiger partial charge in [0, 0.05) is 32.2 Å². The molecule has 2 fully saturated rings. The molecule has 2 atom stereocenters. The number of carboxylic acid groups (broad SMARTS) is 1. The lowest BCUT2D eigenvalue weighted by Gasteiger charge is -2.37. The van der Waals surface area contributed by atoms with E-state index in [2.05, 4.69) is 4.90 Å². The first-order chi connectivity index (χ1) is 9.66. The highest BCUT2D eigenvalue weighted by atomic mass is 16.4. The fourth-order valence-corrected chi connectivity index (χ4v) is 3.34. The van der Waals surface area contributed by atoms with E-state index in [0.717, 1.165) is 32.2 Å². The molecular formula is C15H22N2O3. The van der Waals surface area contributed by atoms with Crippen LogP contribution >= 0.6 is 0 Å². The molecule has 5 nitrogen and oxygen atoms in total. The van der Waals surface area contributed by atoms with E-state index in [-0.39, 0.29) is 11.8 Å². The lowest BCUT2D eigenvalue weighted by Crippen LogP contribution is -2.52. The molecule has 0 bridgehead atoms. The number of carboxylic acids is 1. The maximum atomic E-state index is 12.6. The molecule has 1 heterocycles. The Kier molecular flexibility index (Phi) is 3.78. The Morgan fingerprint density at radius 3 is 2.10 bits per heavy atom. The van der Waals surface area contributed by atoms with Crippen LogP contribution in [0.4, 0.5) is 0 Å². The number of rotatable bonds is 3. The molecule has 0 aromatic carbocycles. The fraction of sp³-hybridized carbons (Fsp3) is 0.733. The van der Waals surface area contributed by atoms with Crippen LogP contribution < -0.4 is 0 Å². The third-order valence-corrected chi connectivity index (χ3v) is 4.76. The smallest absolute Gasteiger partial charge is 0.307 e. The topological polar surface area (TPSA) is 60.9 Å². The first kappa shape index (κ1) is 13.6. The van der Waals surface area contributed by atoms with Crippen molar-refractivity contribution >= 4 is 11.9 Å². The molecule has 3 aliphatic rings. The van der Waals surface area contributed by atoms with Crippen molar-refractivity contribution in [3.63, 3.8) is 0 Å². The highest BCUT2D eigenvalue weighted by Gasteiger charge is 2.38. The Bertz CT molecular complexity index is 423. The minimum atomic E-state index is -0.843. The van der Waals surface area contributed by atoms with Crippen molar-refractivity contribution in [3.8, 4) is 0 Å². The van der Waals surface area contributed by atoms with Crippen LogP contribution in [0.25, 0.3) is 0 Å². The van der Waals surface area contributed by atoms with Gasteiger partial charge >= 0.3 is 5.97 Å². The summed E-state index contributed by atoms with van der Waals surface area (Å²) < 4.78 is 0. The van der Waals surface area contributed by atoms with E-state index < -0.39 is 11.9 Å². The number of hydrogen-bond acceptors (Lipinski definition) is 3. The second kappa shape index (κ2) is 5.56. The van der Waals surface area contributed by atoms with Crippen LogP contribution in [-0.2, 0) is 9.59 Å². The summed E-state index contributed by atoms with van der Waals surface area (Å²) in [5, 5.41) is 9.27. The van der Waals surface area contributed by atoms with Crippen LogP contribution in [0.1, 0.15) is 25.7 Å². The average Bonchev–Trinajstić information content (AvgIpc) is 3.31. The van der Waals surface area contributed by atoms with E-state index in [4.69, 9.17) is 0 Å². The van der Waals surface area contributed by atoms with E-state index in [1.165, 1.54) is 12.8 Å². The summed E-state index contributed by atoms with van der Waals surface area (Å²) >= 11 is 0. The van der Waals surface area contributed by atoms with Gasteiger partial charge in [-0.05, 0) is 25.7 Å². The van der Waals surface area contributed by atoms with E-state index in [1.807, 2.05) is 17.1 Å². The molecular weight excluding hydrogens is 256 g/mol. The summed E-state index contributed by atoms with van der Waals surface area (Å²) in [5.74, 6) is -1.72. The first-order valence-electron chi connectivity index (χ1n) is 7.57. The van der Waals surface area contributed by atoms with Gasteiger partial charge in [-0.25, -0.2) is 0 Å². The largest absolute Gasteiger partial charge is 0.481 e. The van der Waals surface area contributed by atoms with Crippen molar-refractivity contribution in [2.45, 2.75) is 31.7 Å². The van der Waals surface area contributed by atoms with Gasteiger partial charge in [0.05, 0.1) is 11.8 Å². The number of allylic oxidation sites excluding steroid dienone is 2. The molecule has 0 unspecified atom stereocenters. The number of piperazine rings is 1. The predicted octanol–water partition coefficient (Wildman–Crippen LogP) is 0.960. The van der Waals surface area contributed by atoms with E-state index in [1.54, 1.807) is 0 Å². The Labute approximate surface area is 119 Å². The predicted molar refractivity (Wildman–Crippen MR) is 74.2 cm³/mol. The van der Waals surface area contributed by atoms with Gasteiger partial charge in [-0.2, -0.15) is 0 Å². The lowest BCUT2D eigenvalue weighted by atomic mass is 9.82. The number of nitrogens with zero attached hydrogens (tertiary/aromatic N) is 2. The number of hydrogen-bond donors (Lipinski definition) is 1. The Balaban J connectivity index is 1.60. The van der Waals surface area contributed by atoms with Crippen LogP contribution in [0.5, 0.6) is 0 Å². The lowest BCUT2D eigenvalue weighted by molar-refractivity contribution is -0.151. The van der Waals surface area contributed by atoms with Gasteiger partial charge in [-0.3, -0.25) is 14.5 Å². The third kappa shape index (κ3) is 2.73. The van der Waals surface area contributed by atoms with Crippen molar-refractivity contribution in [1.29, 1.82) is 0 Å². The van der Waals surface area contributed by atoms with Gasteiger partial charge in [0.15, 0.2) is 0 Å². The van der Waals surface area contributed by atoms with Crippen molar-refractivity contribution in [2.75, 3.05) is 26.2 Å². The first-order valence-corrected chi connectivity index (χ1v) is 7.57. The molecule has 5 heteroatoms. The molecule has 2 aliphatic carbocycles. The molecule has 1 aliphatic heterocycles. The molecule has 1 N–H and O–H groups in total. The van der Waals surface area contributed by atoms with E-state index in [0.29, 0.717) is 12.8 Å². The van der Waals surface area contributed by atoms with Crippen LogP contribution in [0.3, 0.4) is 0 Å². The fourth-order valence-electron chi connectivity index (χ4n) is 3.34. The molecule has 0 spiro atoms. The van der Waals surface area contributed by atoms with Crippen molar-refractivity contribution < 1.29 is 14.7 Å². The van der Waals surface area contributed by atoms with Crippen LogP contribution in [0.2, 0.25) is 0 Å². The molecule has 1 saturated heterocycles. The van der Waals surface area contributed by atoms with Gasteiger partial charge in [-0.1, -0.05) is 12.2 Å². The summed E-state index contributed by atoms with van der Waals surface area (Å²) in [6.45, 7) is 3.39. The maximum Gasteiger partial charge on any atom is 0.307 e. The third-order valence-electron chi connectivity index (χ3n) is 4.76. The monoisotopic (exact) mass is 278 g/mol. The quantitative estimate of drug-likeness (QED) is 0.781. The molecule has 1 amide bonds. The number of aliphatic carboxylic acids is 1. The summed E-state index contributed by atoms with van der Waals surface area (Å²) in [4.78, 5) is 28.2. The zero-order chi connectivity index (χ0) is 14.1. The summed E-state index contributed by atoms with van der Waals surface area (Å²) in [5.41, 5.74) is 0. The van der Waals surface area contributed by atoms with Crippen LogP contribution in [0, 0.1) is 11.8 Å². The maximum absolute atomic E-state index is 12.6. The minimum absolute atomic E-state index is 0.0391. The summed E-state index contributed by atoms with van der Waals surface area (Å²) in [6, 6.07) is 0.747. The molecule has 3 rings (SSSR count). The molecule has 20 heavy (non-hydrogen) atoms. The van der Waals surface area contributed by atoms with Gasteiger partial charge in [0.1, 0.15) is 0 Å². The molecule has 0 aromatic rings. The number of amides is 1.